The lowest BCUT2D eigenvalue weighted by atomic mass is 10.1. The first-order valence-electron chi connectivity index (χ1n) is 5.41. The van der Waals surface area contributed by atoms with Crippen LogP contribution in [0.1, 0.15) is 25.3 Å². The Balaban J connectivity index is 2.21. The molecular formula is C13H16O2. The molecule has 0 heterocycles. The zero-order valence-electron chi connectivity index (χ0n) is 8.94. The van der Waals surface area contributed by atoms with E-state index < -0.39 is 0 Å². The van der Waals surface area contributed by atoms with Gasteiger partial charge in [0.05, 0.1) is 12.7 Å². The topological polar surface area (TPSA) is 29.5 Å². The summed E-state index contributed by atoms with van der Waals surface area (Å²) in [5.41, 5.74) is 2.39. The number of ether oxygens (including phenoxy) is 1. The Morgan fingerprint density at radius 1 is 1.47 bits per heavy atom. The second-order valence-corrected chi connectivity index (χ2v) is 3.76. The molecule has 1 N–H and O–H groups in total. The van der Waals surface area contributed by atoms with Gasteiger partial charge < -0.3 is 9.84 Å². The number of allylic oxidation sites excluding steroid dienone is 1. The molecule has 1 aromatic carbocycles. The molecule has 2 nitrogen and oxygen atoms in total. The highest BCUT2D eigenvalue weighted by Crippen LogP contribution is 2.29. The highest BCUT2D eigenvalue weighted by molar-refractivity contribution is 5.68. The van der Waals surface area contributed by atoms with Crippen LogP contribution >= 0.6 is 0 Å². The van der Waals surface area contributed by atoms with Crippen LogP contribution in [0.2, 0.25) is 0 Å². The zero-order valence-corrected chi connectivity index (χ0v) is 8.94. The Hall–Kier alpha value is -1.28. The summed E-state index contributed by atoms with van der Waals surface area (Å²) in [5.74, 6) is 0.900. The van der Waals surface area contributed by atoms with E-state index in [4.69, 9.17) is 4.74 Å². The molecular weight excluding hydrogens is 188 g/mol. The average molecular weight is 204 g/mol. The number of hydrogen-bond acceptors (Lipinski definition) is 2. The van der Waals surface area contributed by atoms with Crippen molar-refractivity contribution in [3.05, 3.63) is 35.9 Å². The minimum absolute atomic E-state index is 0.268. The number of rotatable bonds is 3. The van der Waals surface area contributed by atoms with Crippen molar-refractivity contribution in [2.75, 3.05) is 6.61 Å². The SMILES string of the molecule is CCOc1cccc(C2=CC(O)CC2)c1. The maximum atomic E-state index is 9.43. The van der Waals surface area contributed by atoms with E-state index in [1.54, 1.807) is 0 Å². The van der Waals surface area contributed by atoms with E-state index in [2.05, 4.69) is 6.07 Å². The molecule has 1 unspecified atom stereocenters. The third-order valence-electron chi connectivity index (χ3n) is 2.62. The third-order valence-corrected chi connectivity index (χ3v) is 2.62. The molecule has 1 aliphatic carbocycles. The van der Waals surface area contributed by atoms with Crippen LogP contribution in [-0.2, 0) is 0 Å². The molecule has 0 saturated heterocycles. The van der Waals surface area contributed by atoms with Crippen molar-refractivity contribution >= 4 is 5.57 Å². The number of benzene rings is 1. The van der Waals surface area contributed by atoms with Crippen LogP contribution in [0.15, 0.2) is 30.3 Å². The molecule has 0 saturated carbocycles. The van der Waals surface area contributed by atoms with Gasteiger partial charge in [-0.1, -0.05) is 18.2 Å². The lowest BCUT2D eigenvalue weighted by molar-refractivity contribution is 0.223. The first kappa shape index (κ1) is 10.2. The maximum absolute atomic E-state index is 9.43. The van der Waals surface area contributed by atoms with Crippen LogP contribution in [0.5, 0.6) is 5.75 Å². The highest BCUT2D eigenvalue weighted by atomic mass is 16.5. The largest absolute Gasteiger partial charge is 0.494 e. The lowest BCUT2D eigenvalue weighted by Gasteiger charge is -2.06. The van der Waals surface area contributed by atoms with Gasteiger partial charge in [-0.3, -0.25) is 0 Å². The van der Waals surface area contributed by atoms with Crippen LogP contribution in [0, 0.1) is 0 Å². The normalized spacial score (nSPS) is 20.1. The molecule has 0 amide bonds. The maximum Gasteiger partial charge on any atom is 0.119 e. The van der Waals surface area contributed by atoms with E-state index in [0.717, 1.165) is 24.2 Å². The minimum atomic E-state index is -0.268. The average Bonchev–Trinajstić information content (AvgIpc) is 2.66. The van der Waals surface area contributed by atoms with Gasteiger partial charge in [0, 0.05) is 0 Å². The fourth-order valence-electron chi connectivity index (χ4n) is 1.90. The smallest absolute Gasteiger partial charge is 0.119 e. The van der Waals surface area contributed by atoms with Crippen molar-refractivity contribution in [3.8, 4) is 5.75 Å². The summed E-state index contributed by atoms with van der Waals surface area (Å²) in [6, 6.07) is 8.05. The van der Waals surface area contributed by atoms with Crippen molar-refractivity contribution < 1.29 is 9.84 Å². The van der Waals surface area contributed by atoms with Crippen molar-refractivity contribution in [3.63, 3.8) is 0 Å². The summed E-state index contributed by atoms with van der Waals surface area (Å²) >= 11 is 0. The Morgan fingerprint density at radius 3 is 3.00 bits per heavy atom. The van der Waals surface area contributed by atoms with E-state index >= 15 is 0 Å². The number of aliphatic hydroxyl groups excluding tert-OH is 1. The molecule has 0 radical (unpaired) electrons. The minimum Gasteiger partial charge on any atom is -0.494 e. The van der Waals surface area contributed by atoms with Gasteiger partial charge in [-0.05, 0) is 43.0 Å². The van der Waals surface area contributed by atoms with Crippen molar-refractivity contribution in [2.24, 2.45) is 0 Å². The molecule has 0 aliphatic heterocycles. The summed E-state index contributed by atoms with van der Waals surface area (Å²) in [4.78, 5) is 0. The fraction of sp³-hybridized carbons (Fsp3) is 0.385. The highest BCUT2D eigenvalue weighted by Gasteiger charge is 2.14. The van der Waals surface area contributed by atoms with Crippen LogP contribution < -0.4 is 4.74 Å². The molecule has 1 aromatic rings. The van der Waals surface area contributed by atoms with Gasteiger partial charge in [0.25, 0.3) is 0 Å². The van der Waals surface area contributed by atoms with Gasteiger partial charge in [0.1, 0.15) is 5.75 Å². The monoisotopic (exact) mass is 204 g/mol. The summed E-state index contributed by atoms with van der Waals surface area (Å²) in [6.07, 6.45) is 3.46. The second-order valence-electron chi connectivity index (χ2n) is 3.76. The molecule has 0 aromatic heterocycles. The lowest BCUT2D eigenvalue weighted by Crippen LogP contribution is -1.93. The van der Waals surface area contributed by atoms with Crippen molar-refractivity contribution in [2.45, 2.75) is 25.9 Å². The number of aliphatic hydroxyl groups is 1. The van der Waals surface area contributed by atoms with Gasteiger partial charge in [-0.15, -0.1) is 0 Å². The molecule has 0 bridgehead atoms. The Bertz CT molecular complexity index is 369. The molecule has 0 spiro atoms. The van der Waals surface area contributed by atoms with Crippen molar-refractivity contribution in [1.29, 1.82) is 0 Å². The molecule has 80 valence electrons. The molecule has 2 heteroatoms. The Morgan fingerprint density at radius 2 is 2.33 bits per heavy atom. The zero-order chi connectivity index (χ0) is 10.7. The summed E-state index contributed by atoms with van der Waals surface area (Å²) < 4.78 is 5.44. The third kappa shape index (κ3) is 2.39. The molecule has 2 rings (SSSR count). The Kier molecular flexibility index (Phi) is 3.07. The van der Waals surface area contributed by atoms with Gasteiger partial charge in [-0.2, -0.15) is 0 Å². The molecule has 0 fully saturated rings. The summed E-state index contributed by atoms with van der Waals surface area (Å²) in [7, 11) is 0. The number of hydrogen-bond donors (Lipinski definition) is 1. The first-order valence-corrected chi connectivity index (χ1v) is 5.41. The fourth-order valence-corrected chi connectivity index (χ4v) is 1.90. The predicted octanol–water partition coefficient (Wildman–Crippen LogP) is 2.62. The molecule has 15 heavy (non-hydrogen) atoms. The van der Waals surface area contributed by atoms with Crippen LogP contribution in [0.4, 0.5) is 0 Å². The van der Waals surface area contributed by atoms with E-state index in [-0.39, 0.29) is 6.10 Å². The van der Waals surface area contributed by atoms with E-state index in [0.29, 0.717) is 6.61 Å². The van der Waals surface area contributed by atoms with Crippen LogP contribution in [-0.4, -0.2) is 17.8 Å². The molecule has 1 atom stereocenters. The van der Waals surface area contributed by atoms with E-state index in [1.807, 2.05) is 31.2 Å². The van der Waals surface area contributed by atoms with Gasteiger partial charge in [-0.25, -0.2) is 0 Å². The van der Waals surface area contributed by atoms with Gasteiger partial charge in [0.15, 0.2) is 0 Å². The summed E-state index contributed by atoms with van der Waals surface area (Å²) in [6.45, 7) is 2.66. The second kappa shape index (κ2) is 4.49. The van der Waals surface area contributed by atoms with Crippen molar-refractivity contribution in [1.82, 2.24) is 0 Å². The van der Waals surface area contributed by atoms with E-state index in [1.165, 1.54) is 5.57 Å². The summed E-state index contributed by atoms with van der Waals surface area (Å²) in [5, 5.41) is 9.43. The quantitative estimate of drug-likeness (QED) is 0.820. The molecule has 1 aliphatic rings. The first-order chi connectivity index (χ1) is 7.29. The standard InChI is InChI=1S/C13H16O2/c1-2-15-13-5-3-4-10(9-13)11-6-7-12(14)8-11/h3-5,8-9,12,14H,2,6-7H2,1H3. The van der Waals surface area contributed by atoms with E-state index in [9.17, 15) is 5.11 Å². The van der Waals surface area contributed by atoms with Gasteiger partial charge in [0.2, 0.25) is 0 Å². The predicted molar refractivity (Wildman–Crippen MR) is 60.8 cm³/mol. The Labute approximate surface area is 90.2 Å². The van der Waals surface area contributed by atoms with Crippen LogP contribution in [0.25, 0.3) is 5.57 Å². The van der Waals surface area contributed by atoms with Gasteiger partial charge >= 0.3 is 0 Å². The van der Waals surface area contributed by atoms with Crippen LogP contribution in [0.3, 0.4) is 0 Å².